The van der Waals surface area contributed by atoms with Crippen molar-refractivity contribution >= 4 is 11.6 Å². The zero-order valence-corrected chi connectivity index (χ0v) is 8.40. The molecular formula is C9H16ClNO. The molecule has 0 aromatic rings. The summed E-state index contributed by atoms with van der Waals surface area (Å²) in [6.07, 6.45) is 3.27. The first-order chi connectivity index (χ1) is 5.69. The zero-order chi connectivity index (χ0) is 9.03. The van der Waals surface area contributed by atoms with Crippen molar-refractivity contribution in [1.29, 1.82) is 0 Å². The number of nitrogens with one attached hydrogen (secondary N) is 1. The molecule has 0 amide bonds. The summed E-state index contributed by atoms with van der Waals surface area (Å²) in [6.45, 7) is 5.96. The highest BCUT2D eigenvalue weighted by atomic mass is 35.5. The average molecular weight is 190 g/mol. The Balaban J connectivity index is 2.37. The third-order valence-corrected chi connectivity index (χ3v) is 2.78. The maximum absolute atomic E-state index is 5.48. The van der Waals surface area contributed by atoms with Gasteiger partial charge in [-0.25, -0.2) is 0 Å². The fourth-order valence-electron chi connectivity index (χ4n) is 1.40. The van der Waals surface area contributed by atoms with Crippen molar-refractivity contribution in [3.8, 4) is 0 Å². The van der Waals surface area contributed by atoms with E-state index in [2.05, 4.69) is 19.2 Å². The number of halogens is 1. The molecule has 0 aromatic heterocycles. The van der Waals surface area contributed by atoms with Crippen LogP contribution in [-0.2, 0) is 4.74 Å². The minimum atomic E-state index is 0.121. The van der Waals surface area contributed by atoms with E-state index in [1.807, 2.05) is 6.08 Å². The van der Waals surface area contributed by atoms with Gasteiger partial charge in [-0.15, -0.1) is 0 Å². The molecule has 70 valence electrons. The maximum Gasteiger partial charge on any atom is 0.0726 e. The summed E-state index contributed by atoms with van der Waals surface area (Å²) in [7, 11) is 0. The monoisotopic (exact) mass is 189 g/mol. The second-order valence-corrected chi connectivity index (χ2v) is 3.68. The number of rotatable bonds is 3. The van der Waals surface area contributed by atoms with Crippen LogP contribution in [0.3, 0.4) is 0 Å². The normalized spacial score (nSPS) is 36.4. The number of hydrogen-bond donors (Lipinski definition) is 1. The van der Waals surface area contributed by atoms with E-state index in [0.717, 1.165) is 19.6 Å². The Morgan fingerprint density at radius 3 is 3.00 bits per heavy atom. The molecule has 0 radical (unpaired) electrons. The SMILES string of the molecule is CC1OCCC1(C)NC/C=C/Cl. The molecule has 1 N–H and O–H groups in total. The molecule has 3 heteroatoms. The van der Waals surface area contributed by atoms with E-state index in [4.69, 9.17) is 16.3 Å². The van der Waals surface area contributed by atoms with Gasteiger partial charge in [0.15, 0.2) is 0 Å². The van der Waals surface area contributed by atoms with Gasteiger partial charge in [0.25, 0.3) is 0 Å². The van der Waals surface area contributed by atoms with Crippen molar-refractivity contribution in [2.24, 2.45) is 0 Å². The van der Waals surface area contributed by atoms with Crippen LogP contribution in [0.1, 0.15) is 20.3 Å². The Labute approximate surface area is 78.9 Å². The van der Waals surface area contributed by atoms with E-state index in [9.17, 15) is 0 Å². The van der Waals surface area contributed by atoms with Gasteiger partial charge in [0.05, 0.1) is 6.10 Å². The summed E-state index contributed by atoms with van der Waals surface area (Å²) >= 11 is 5.42. The molecule has 12 heavy (non-hydrogen) atoms. The summed E-state index contributed by atoms with van der Waals surface area (Å²) < 4.78 is 5.48. The molecule has 1 aliphatic rings. The minimum absolute atomic E-state index is 0.121. The second kappa shape index (κ2) is 4.26. The van der Waals surface area contributed by atoms with E-state index in [0.29, 0.717) is 6.10 Å². The highest BCUT2D eigenvalue weighted by Crippen LogP contribution is 2.24. The van der Waals surface area contributed by atoms with E-state index < -0.39 is 0 Å². The topological polar surface area (TPSA) is 21.3 Å². The molecule has 2 atom stereocenters. The van der Waals surface area contributed by atoms with Crippen molar-refractivity contribution in [1.82, 2.24) is 5.32 Å². The van der Waals surface area contributed by atoms with Crippen molar-refractivity contribution in [3.63, 3.8) is 0 Å². The standard InChI is InChI=1S/C9H16ClNO/c1-8-9(2,4-7-12-8)11-6-3-5-10/h3,5,8,11H,4,6-7H2,1-2H3/b5-3+. The molecule has 1 heterocycles. The third-order valence-electron chi connectivity index (χ3n) is 2.60. The molecule has 1 fully saturated rings. The Kier molecular flexibility index (Phi) is 3.56. The fourth-order valence-corrected chi connectivity index (χ4v) is 1.49. The van der Waals surface area contributed by atoms with Crippen LogP contribution >= 0.6 is 11.6 Å². The van der Waals surface area contributed by atoms with Crippen molar-refractivity contribution < 1.29 is 4.74 Å². The molecule has 0 aliphatic carbocycles. The van der Waals surface area contributed by atoms with Crippen LogP contribution in [0.5, 0.6) is 0 Å². The lowest BCUT2D eigenvalue weighted by Gasteiger charge is -2.28. The molecule has 1 rings (SSSR count). The smallest absolute Gasteiger partial charge is 0.0726 e. The zero-order valence-electron chi connectivity index (χ0n) is 7.64. The molecular weight excluding hydrogens is 174 g/mol. The van der Waals surface area contributed by atoms with Crippen LogP contribution in [-0.4, -0.2) is 24.8 Å². The van der Waals surface area contributed by atoms with Crippen molar-refractivity contribution in [2.75, 3.05) is 13.2 Å². The quantitative estimate of drug-likeness (QED) is 0.733. The van der Waals surface area contributed by atoms with Gasteiger partial charge in [-0.2, -0.15) is 0 Å². The molecule has 2 nitrogen and oxygen atoms in total. The Hall–Kier alpha value is -0.0500. The number of ether oxygens (including phenoxy) is 1. The second-order valence-electron chi connectivity index (χ2n) is 3.42. The third kappa shape index (κ3) is 2.22. The maximum atomic E-state index is 5.48. The van der Waals surface area contributed by atoms with Gasteiger partial charge in [-0.05, 0) is 20.3 Å². The average Bonchev–Trinajstić information content (AvgIpc) is 2.34. The van der Waals surface area contributed by atoms with Crippen LogP contribution in [0.25, 0.3) is 0 Å². The van der Waals surface area contributed by atoms with Gasteiger partial charge in [0, 0.05) is 24.2 Å². The lowest BCUT2D eigenvalue weighted by molar-refractivity contribution is 0.0900. The molecule has 2 unspecified atom stereocenters. The van der Waals surface area contributed by atoms with Crippen molar-refractivity contribution in [3.05, 3.63) is 11.6 Å². The van der Waals surface area contributed by atoms with Gasteiger partial charge < -0.3 is 10.1 Å². The summed E-state index contributed by atoms with van der Waals surface area (Å²) in [5, 5.41) is 3.41. The van der Waals surface area contributed by atoms with Crippen LogP contribution < -0.4 is 5.32 Å². The Bertz CT molecular complexity index is 172. The first-order valence-electron chi connectivity index (χ1n) is 4.31. The predicted octanol–water partition coefficient (Wildman–Crippen LogP) is 1.90. The lowest BCUT2D eigenvalue weighted by atomic mass is 9.95. The van der Waals surface area contributed by atoms with Crippen LogP contribution in [0.4, 0.5) is 0 Å². The van der Waals surface area contributed by atoms with Crippen LogP contribution in [0, 0.1) is 0 Å². The van der Waals surface area contributed by atoms with E-state index in [-0.39, 0.29) is 5.54 Å². The van der Waals surface area contributed by atoms with Gasteiger partial charge in [-0.3, -0.25) is 0 Å². The minimum Gasteiger partial charge on any atom is -0.377 e. The first-order valence-corrected chi connectivity index (χ1v) is 4.74. The van der Waals surface area contributed by atoms with E-state index in [1.54, 1.807) is 0 Å². The van der Waals surface area contributed by atoms with Crippen molar-refractivity contribution in [2.45, 2.75) is 31.9 Å². The molecule has 0 spiro atoms. The summed E-state index contributed by atoms with van der Waals surface area (Å²) in [5.74, 6) is 0. The van der Waals surface area contributed by atoms with Gasteiger partial charge in [0.2, 0.25) is 0 Å². The van der Waals surface area contributed by atoms with Crippen LogP contribution in [0.2, 0.25) is 0 Å². The largest absolute Gasteiger partial charge is 0.377 e. The molecule has 1 aliphatic heterocycles. The Morgan fingerprint density at radius 1 is 1.75 bits per heavy atom. The Morgan fingerprint density at radius 2 is 2.50 bits per heavy atom. The summed E-state index contributed by atoms with van der Waals surface area (Å²) in [4.78, 5) is 0. The van der Waals surface area contributed by atoms with Gasteiger partial charge in [0.1, 0.15) is 0 Å². The van der Waals surface area contributed by atoms with E-state index in [1.165, 1.54) is 5.54 Å². The molecule has 0 bridgehead atoms. The summed E-state index contributed by atoms with van der Waals surface area (Å²) in [6, 6.07) is 0. The highest BCUT2D eigenvalue weighted by Gasteiger charge is 2.35. The lowest BCUT2D eigenvalue weighted by Crippen LogP contribution is -2.47. The molecule has 0 aromatic carbocycles. The molecule has 0 saturated carbocycles. The predicted molar refractivity (Wildman–Crippen MR) is 51.4 cm³/mol. The highest BCUT2D eigenvalue weighted by molar-refractivity contribution is 6.25. The summed E-state index contributed by atoms with van der Waals surface area (Å²) in [5.41, 5.74) is 1.66. The first kappa shape index (κ1) is 10.0. The van der Waals surface area contributed by atoms with E-state index >= 15 is 0 Å². The fraction of sp³-hybridized carbons (Fsp3) is 0.778. The van der Waals surface area contributed by atoms with Crippen LogP contribution in [0.15, 0.2) is 11.6 Å². The van der Waals surface area contributed by atoms with Gasteiger partial charge >= 0.3 is 0 Å². The number of hydrogen-bond acceptors (Lipinski definition) is 2. The molecule has 1 saturated heterocycles. The van der Waals surface area contributed by atoms with Gasteiger partial charge in [-0.1, -0.05) is 17.7 Å².